The first kappa shape index (κ1) is 15.0. The molecular formula is C15H25FN2. The van der Waals surface area contributed by atoms with Crippen molar-refractivity contribution in [1.29, 1.82) is 0 Å². The molecule has 102 valence electrons. The van der Waals surface area contributed by atoms with Crippen LogP contribution in [-0.2, 0) is 6.42 Å². The molecule has 0 saturated carbocycles. The van der Waals surface area contributed by atoms with Crippen LogP contribution in [0, 0.1) is 5.82 Å². The zero-order valence-electron chi connectivity index (χ0n) is 11.7. The second kappa shape index (κ2) is 7.37. The van der Waals surface area contributed by atoms with Gasteiger partial charge in [0.25, 0.3) is 0 Å². The molecule has 1 aromatic carbocycles. The van der Waals surface area contributed by atoms with Gasteiger partial charge in [0.2, 0.25) is 0 Å². The van der Waals surface area contributed by atoms with Gasteiger partial charge in [0.1, 0.15) is 5.82 Å². The largest absolute Gasteiger partial charge is 0.372 e. The number of nitrogens with two attached hydrogens (primary N) is 1. The third-order valence-corrected chi connectivity index (χ3v) is 3.30. The Bertz CT molecular complexity index is 366. The van der Waals surface area contributed by atoms with E-state index in [1.807, 2.05) is 13.0 Å². The van der Waals surface area contributed by atoms with Crippen molar-refractivity contribution < 1.29 is 4.39 Å². The van der Waals surface area contributed by atoms with Crippen LogP contribution < -0.4 is 10.6 Å². The number of benzene rings is 1. The van der Waals surface area contributed by atoms with E-state index in [0.29, 0.717) is 6.42 Å². The van der Waals surface area contributed by atoms with Gasteiger partial charge < -0.3 is 10.6 Å². The van der Waals surface area contributed by atoms with Crippen LogP contribution in [0.5, 0.6) is 0 Å². The molecule has 1 aromatic rings. The van der Waals surface area contributed by atoms with Crippen molar-refractivity contribution in [3.63, 3.8) is 0 Å². The number of anilines is 1. The Kier molecular flexibility index (Phi) is 6.13. The lowest BCUT2D eigenvalue weighted by atomic mass is 10.0. The Balaban J connectivity index is 3.05. The minimum Gasteiger partial charge on any atom is -0.372 e. The summed E-state index contributed by atoms with van der Waals surface area (Å²) >= 11 is 0. The highest BCUT2D eigenvalue weighted by Gasteiger charge is 2.15. The number of hydrogen-bond donors (Lipinski definition) is 1. The summed E-state index contributed by atoms with van der Waals surface area (Å²) in [5.74, 6) is -0.133. The summed E-state index contributed by atoms with van der Waals surface area (Å²) < 4.78 is 14.0. The number of hydrogen-bond acceptors (Lipinski definition) is 2. The summed E-state index contributed by atoms with van der Waals surface area (Å²) in [4.78, 5) is 2.22. The van der Waals surface area contributed by atoms with E-state index < -0.39 is 0 Å². The average molecular weight is 252 g/mol. The SMILES string of the molecule is CCCN(CC)c1cccc(F)c1CC(N)CC. The topological polar surface area (TPSA) is 29.3 Å². The van der Waals surface area contributed by atoms with Gasteiger partial charge in [0.15, 0.2) is 0 Å². The third-order valence-electron chi connectivity index (χ3n) is 3.30. The highest BCUT2D eigenvalue weighted by Crippen LogP contribution is 2.25. The molecule has 2 N–H and O–H groups in total. The number of nitrogens with zero attached hydrogens (tertiary/aromatic N) is 1. The van der Waals surface area contributed by atoms with E-state index in [1.54, 1.807) is 6.07 Å². The van der Waals surface area contributed by atoms with E-state index in [0.717, 1.165) is 37.2 Å². The Morgan fingerprint density at radius 2 is 2.00 bits per heavy atom. The molecule has 0 aliphatic heterocycles. The Hall–Kier alpha value is -1.09. The molecule has 3 heteroatoms. The Morgan fingerprint density at radius 3 is 2.56 bits per heavy atom. The maximum absolute atomic E-state index is 14.0. The molecule has 0 bridgehead atoms. The first-order valence-electron chi connectivity index (χ1n) is 6.91. The molecule has 0 radical (unpaired) electrons. The zero-order chi connectivity index (χ0) is 13.5. The van der Waals surface area contributed by atoms with Gasteiger partial charge in [-0.2, -0.15) is 0 Å². The molecule has 0 fully saturated rings. The van der Waals surface area contributed by atoms with Gasteiger partial charge in [0.05, 0.1) is 0 Å². The van der Waals surface area contributed by atoms with Gasteiger partial charge in [-0.15, -0.1) is 0 Å². The highest BCUT2D eigenvalue weighted by atomic mass is 19.1. The standard InChI is InChI=1S/C15H25FN2/c1-4-10-18(6-3)15-9-7-8-14(16)13(15)11-12(17)5-2/h7-9,12H,4-6,10-11,17H2,1-3H3. The smallest absolute Gasteiger partial charge is 0.128 e. The van der Waals surface area contributed by atoms with Crippen LogP contribution in [0.25, 0.3) is 0 Å². The van der Waals surface area contributed by atoms with E-state index in [9.17, 15) is 4.39 Å². The molecule has 0 aliphatic rings. The van der Waals surface area contributed by atoms with Gasteiger partial charge in [-0.25, -0.2) is 4.39 Å². The maximum Gasteiger partial charge on any atom is 0.128 e. The van der Waals surface area contributed by atoms with Crippen molar-refractivity contribution in [2.75, 3.05) is 18.0 Å². The number of halogens is 1. The van der Waals surface area contributed by atoms with Crippen molar-refractivity contribution in [2.24, 2.45) is 5.73 Å². The molecule has 1 rings (SSSR count). The molecule has 0 spiro atoms. The average Bonchev–Trinajstić information content (AvgIpc) is 2.38. The Morgan fingerprint density at radius 1 is 1.28 bits per heavy atom. The van der Waals surface area contributed by atoms with Crippen LogP contribution in [-0.4, -0.2) is 19.1 Å². The quantitative estimate of drug-likeness (QED) is 0.806. The zero-order valence-corrected chi connectivity index (χ0v) is 11.7. The summed E-state index contributed by atoms with van der Waals surface area (Å²) in [6, 6.07) is 5.34. The van der Waals surface area contributed by atoms with Crippen molar-refractivity contribution >= 4 is 5.69 Å². The van der Waals surface area contributed by atoms with Crippen LogP contribution >= 0.6 is 0 Å². The van der Waals surface area contributed by atoms with E-state index in [4.69, 9.17) is 5.73 Å². The summed E-state index contributed by atoms with van der Waals surface area (Å²) in [7, 11) is 0. The molecule has 1 atom stereocenters. The molecule has 0 aliphatic carbocycles. The first-order valence-corrected chi connectivity index (χ1v) is 6.91. The first-order chi connectivity index (χ1) is 8.63. The fraction of sp³-hybridized carbons (Fsp3) is 0.600. The Labute approximate surface area is 110 Å². The summed E-state index contributed by atoms with van der Waals surface area (Å²) in [5, 5.41) is 0. The van der Waals surface area contributed by atoms with Crippen LogP contribution in [0.4, 0.5) is 10.1 Å². The summed E-state index contributed by atoms with van der Waals surface area (Å²) in [5.41, 5.74) is 7.74. The van der Waals surface area contributed by atoms with E-state index >= 15 is 0 Å². The minimum absolute atomic E-state index is 0.0287. The maximum atomic E-state index is 14.0. The molecule has 0 saturated heterocycles. The third kappa shape index (κ3) is 3.70. The van der Waals surface area contributed by atoms with E-state index in [1.165, 1.54) is 6.07 Å². The van der Waals surface area contributed by atoms with Crippen molar-refractivity contribution in [2.45, 2.75) is 46.1 Å². The minimum atomic E-state index is -0.133. The molecule has 0 heterocycles. The lowest BCUT2D eigenvalue weighted by Crippen LogP contribution is -2.28. The fourth-order valence-corrected chi connectivity index (χ4v) is 2.17. The van der Waals surface area contributed by atoms with Gasteiger partial charge in [-0.3, -0.25) is 0 Å². The van der Waals surface area contributed by atoms with Crippen molar-refractivity contribution in [3.05, 3.63) is 29.6 Å². The molecule has 0 aromatic heterocycles. The molecule has 18 heavy (non-hydrogen) atoms. The van der Waals surface area contributed by atoms with Crippen molar-refractivity contribution in [3.8, 4) is 0 Å². The van der Waals surface area contributed by atoms with Crippen molar-refractivity contribution in [1.82, 2.24) is 0 Å². The highest BCUT2D eigenvalue weighted by molar-refractivity contribution is 5.54. The molecule has 0 amide bonds. The number of rotatable bonds is 7. The van der Waals surface area contributed by atoms with Gasteiger partial charge in [0, 0.05) is 30.4 Å². The van der Waals surface area contributed by atoms with E-state index in [2.05, 4.69) is 18.7 Å². The summed E-state index contributed by atoms with van der Waals surface area (Å²) in [6.45, 7) is 8.12. The molecular weight excluding hydrogens is 227 g/mol. The van der Waals surface area contributed by atoms with E-state index in [-0.39, 0.29) is 11.9 Å². The van der Waals surface area contributed by atoms with Crippen LogP contribution in [0.15, 0.2) is 18.2 Å². The van der Waals surface area contributed by atoms with Crippen LogP contribution in [0.3, 0.4) is 0 Å². The van der Waals surface area contributed by atoms with Gasteiger partial charge in [-0.05, 0) is 38.3 Å². The fourth-order valence-electron chi connectivity index (χ4n) is 2.17. The summed E-state index contributed by atoms with van der Waals surface area (Å²) in [6.07, 6.45) is 2.54. The molecule has 1 unspecified atom stereocenters. The second-order valence-electron chi connectivity index (χ2n) is 4.69. The lowest BCUT2D eigenvalue weighted by Gasteiger charge is -2.26. The molecule has 2 nitrogen and oxygen atoms in total. The monoisotopic (exact) mass is 252 g/mol. The lowest BCUT2D eigenvalue weighted by molar-refractivity contribution is 0.577. The van der Waals surface area contributed by atoms with Crippen LogP contribution in [0.2, 0.25) is 0 Å². The van der Waals surface area contributed by atoms with Crippen LogP contribution in [0.1, 0.15) is 39.2 Å². The predicted molar refractivity (Wildman–Crippen MR) is 76.5 cm³/mol. The normalized spacial score (nSPS) is 12.5. The second-order valence-corrected chi connectivity index (χ2v) is 4.69. The van der Waals surface area contributed by atoms with Gasteiger partial charge in [-0.1, -0.05) is 19.9 Å². The van der Waals surface area contributed by atoms with Gasteiger partial charge >= 0.3 is 0 Å². The predicted octanol–water partition coefficient (Wildman–Crippen LogP) is 3.34.